The fourth-order valence-electron chi connectivity index (χ4n) is 3.27. The van der Waals surface area contributed by atoms with Crippen molar-refractivity contribution >= 4 is 5.91 Å². The predicted octanol–water partition coefficient (Wildman–Crippen LogP) is 1.52. The summed E-state index contributed by atoms with van der Waals surface area (Å²) in [6.45, 7) is 3.61. The number of aliphatic hydroxyl groups is 1. The van der Waals surface area contributed by atoms with Crippen LogP contribution in [0.15, 0.2) is 4.79 Å². The summed E-state index contributed by atoms with van der Waals surface area (Å²) in [6.07, 6.45) is 6.42. The summed E-state index contributed by atoms with van der Waals surface area (Å²) < 4.78 is 0. The molecule has 0 aliphatic heterocycles. The third-order valence-electron chi connectivity index (χ3n) is 4.63. The number of H-pyrrole nitrogens is 1. The van der Waals surface area contributed by atoms with Crippen LogP contribution < -0.4 is 11.0 Å². The lowest BCUT2D eigenvalue weighted by Gasteiger charge is -2.26. The molecule has 0 aromatic carbocycles. The smallest absolute Gasteiger partial charge is 0.345 e. The van der Waals surface area contributed by atoms with Crippen LogP contribution in [0.4, 0.5) is 0 Å². The highest BCUT2D eigenvalue weighted by atomic mass is 16.3. The highest BCUT2D eigenvalue weighted by Crippen LogP contribution is 2.18. The number of aryl methyl sites for hydroxylation is 2. The maximum Gasteiger partial charge on any atom is 0.345 e. The van der Waals surface area contributed by atoms with Crippen molar-refractivity contribution in [1.82, 2.24) is 15.3 Å². The summed E-state index contributed by atoms with van der Waals surface area (Å²) in [4.78, 5) is 30.0. The number of amides is 1. The molecule has 3 N–H and O–H groups in total. The molecule has 2 atom stereocenters. The Bertz CT molecular complexity index is 571. The number of nitrogens with one attached hydrogen (secondary N) is 2. The Balaban J connectivity index is 1.90. The third-order valence-corrected chi connectivity index (χ3v) is 4.63. The summed E-state index contributed by atoms with van der Waals surface area (Å²) in [5.41, 5.74) is 2.00. The number of carbonyl (C=O) groups excluding carboxylic acids is 1. The Morgan fingerprint density at radius 2 is 1.96 bits per heavy atom. The second kappa shape index (κ2) is 8.24. The number of aromatic amines is 1. The molecule has 0 spiro atoms. The van der Waals surface area contributed by atoms with E-state index in [1.807, 2.05) is 6.92 Å². The van der Waals surface area contributed by atoms with Crippen molar-refractivity contribution in [1.29, 1.82) is 0 Å². The van der Waals surface area contributed by atoms with Crippen molar-refractivity contribution in [2.45, 2.75) is 77.4 Å². The number of rotatable bonds is 4. The predicted molar refractivity (Wildman–Crippen MR) is 88.3 cm³/mol. The van der Waals surface area contributed by atoms with E-state index < -0.39 is 6.10 Å². The van der Waals surface area contributed by atoms with Gasteiger partial charge in [0, 0.05) is 17.8 Å². The molecule has 1 heterocycles. The van der Waals surface area contributed by atoms with E-state index in [-0.39, 0.29) is 17.6 Å². The van der Waals surface area contributed by atoms with Crippen LogP contribution >= 0.6 is 0 Å². The average molecular weight is 321 g/mol. The van der Waals surface area contributed by atoms with Crippen molar-refractivity contribution in [3.8, 4) is 0 Å². The maximum absolute atomic E-state index is 12.2. The van der Waals surface area contributed by atoms with Crippen LogP contribution in [-0.4, -0.2) is 33.1 Å². The van der Waals surface area contributed by atoms with Crippen molar-refractivity contribution in [2.75, 3.05) is 0 Å². The Morgan fingerprint density at radius 1 is 1.26 bits per heavy atom. The molecule has 1 aromatic rings. The summed E-state index contributed by atoms with van der Waals surface area (Å²) in [7, 11) is 0. The van der Waals surface area contributed by atoms with Crippen LogP contribution in [0.3, 0.4) is 0 Å². The molecule has 1 aliphatic rings. The van der Waals surface area contributed by atoms with Gasteiger partial charge in [-0.05, 0) is 38.7 Å². The Kier molecular flexibility index (Phi) is 6.33. The van der Waals surface area contributed by atoms with Gasteiger partial charge in [-0.3, -0.25) is 4.79 Å². The summed E-state index contributed by atoms with van der Waals surface area (Å²) in [5.74, 6) is -0.0559. The van der Waals surface area contributed by atoms with Gasteiger partial charge in [0.25, 0.3) is 0 Å². The van der Waals surface area contributed by atoms with Crippen molar-refractivity contribution in [2.24, 2.45) is 0 Å². The second-order valence-corrected chi connectivity index (χ2v) is 6.46. The first-order chi connectivity index (χ1) is 11.0. The maximum atomic E-state index is 12.2. The van der Waals surface area contributed by atoms with Crippen LogP contribution in [0, 0.1) is 13.8 Å². The molecule has 6 heteroatoms. The van der Waals surface area contributed by atoms with Crippen LogP contribution in [0.25, 0.3) is 0 Å². The molecule has 6 nitrogen and oxygen atoms in total. The first kappa shape index (κ1) is 17.7. The minimum Gasteiger partial charge on any atom is -0.391 e. The van der Waals surface area contributed by atoms with E-state index in [2.05, 4.69) is 15.3 Å². The molecule has 1 saturated carbocycles. The Morgan fingerprint density at radius 3 is 2.65 bits per heavy atom. The molecule has 0 radical (unpaired) electrons. The van der Waals surface area contributed by atoms with Crippen molar-refractivity contribution in [3.05, 3.63) is 27.4 Å². The van der Waals surface area contributed by atoms with Gasteiger partial charge < -0.3 is 15.4 Å². The van der Waals surface area contributed by atoms with E-state index >= 15 is 0 Å². The number of aliphatic hydroxyl groups excluding tert-OH is 1. The first-order valence-corrected chi connectivity index (χ1v) is 8.51. The van der Waals surface area contributed by atoms with E-state index in [0.29, 0.717) is 18.5 Å². The van der Waals surface area contributed by atoms with E-state index in [9.17, 15) is 14.7 Å². The zero-order valence-electron chi connectivity index (χ0n) is 14.0. The van der Waals surface area contributed by atoms with Crippen LogP contribution in [0.1, 0.15) is 61.9 Å². The average Bonchev–Trinajstić information content (AvgIpc) is 2.46. The second-order valence-electron chi connectivity index (χ2n) is 6.46. The minimum atomic E-state index is -0.447. The minimum absolute atomic E-state index is 0.0559. The number of aromatic nitrogens is 2. The SMILES string of the molecule is Cc1nc(=O)[nH]c(C)c1CCC(=O)N[C@H]1CCCCCC[C@@H]1O. The molecular formula is C17H27N3O3. The standard InChI is InChI=1S/C17H27N3O3/c1-11-13(12(2)19-17(23)18-11)9-10-16(22)20-14-7-5-3-4-6-8-15(14)21/h14-15,21H,3-10H2,1-2H3,(H,20,22)(H,18,19,23)/t14-,15-/m0/s1. The topological polar surface area (TPSA) is 95.1 Å². The van der Waals surface area contributed by atoms with Crippen LogP contribution in [-0.2, 0) is 11.2 Å². The lowest BCUT2D eigenvalue weighted by Crippen LogP contribution is -2.43. The van der Waals surface area contributed by atoms with Gasteiger partial charge in [0.15, 0.2) is 0 Å². The number of carbonyl (C=O) groups is 1. The number of hydrogen-bond acceptors (Lipinski definition) is 4. The lowest BCUT2D eigenvalue weighted by molar-refractivity contribution is -0.122. The van der Waals surface area contributed by atoms with Gasteiger partial charge in [0.1, 0.15) is 0 Å². The van der Waals surface area contributed by atoms with Crippen molar-refractivity contribution in [3.63, 3.8) is 0 Å². The number of nitrogens with zero attached hydrogens (tertiary/aromatic N) is 1. The largest absolute Gasteiger partial charge is 0.391 e. The zero-order valence-corrected chi connectivity index (χ0v) is 14.0. The summed E-state index contributed by atoms with van der Waals surface area (Å²) in [6, 6.07) is -0.140. The van der Waals surface area contributed by atoms with Crippen molar-refractivity contribution < 1.29 is 9.90 Å². The molecule has 23 heavy (non-hydrogen) atoms. The van der Waals surface area contributed by atoms with Gasteiger partial charge >= 0.3 is 5.69 Å². The van der Waals surface area contributed by atoms with Crippen LogP contribution in [0.2, 0.25) is 0 Å². The molecule has 128 valence electrons. The normalized spacial score (nSPS) is 22.2. The molecule has 0 bridgehead atoms. The molecule has 1 fully saturated rings. The molecule has 2 rings (SSSR count). The molecular weight excluding hydrogens is 294 g/mol. The summed E-state index contributed by atoms with van der Waals surface area (Å²) in [5, 5.41) is 13.1. The van der Waals surface area contributed by atoms with E-state index in [1.54, 1.807) is 6.92 Å². The highest BCUT2D eigenvalue weighted by Gasteiger charge is 2.22. The number of hydrogen-bond donors (Lipinski definition) is 3. The highest BCUT2D eigenvalue weighted by molar-refractivity contribution is 5.76. The fourth-order valence-corrected chi connectivity index (χ4v) is 3.27. The molecule has 0 unspecified atom stereocenters. The van der Waals surface area contributed by atoms with E-state index in [0.717, 1.165) is 43.4 Å². The van der Waals surface area contributed by atoms with Crippen LogP contribution in [0.5, 0.6) is 0 Å². The van der Waals surface area contributed by atoms with Gasteiger partial charge in [0.2, 0.25) is 5.91 Å². The lowest BCUT2D eigenvalue weighted by atomic mass is 9.94. The monoisotopic (exact) mass is 321 g/mol. The van der Waals surface area contributed by atoms with E-state index in [4.69, 9.17) is 0 Å². The van der Waals surface area contributed by atoms with Gasteiger partial charge in [-0.15, -0.1) is 0 Å². The Hall–Kier alpha value is -1.69. The van der Waals surface area contributed by atoms with Gasteiger partial charge in [-0.25, -0.2) is 4.79 Å². The zero-order chi connectivity index (χ0) is 16.8. The third kappa shape index (κ3) is 5.16. The van der Waals surface area contributed by atoms with Gasteiger partial charge in [-0.1, -0.05) is 25.7 Å². The molecule has 1 aliphatic carbocycles. The Labute approximate surface area is 136 Å². The van der Waals surface area contributed by atoms with Gasteiger partial charge in [-0.2, -0.15) is 4.98 Å². The van der Waals surface area contributed by atoms with Gasteiger partial charge in [0.05, 0.1) is 12.1 Å². The first-order valence-electron chi connectivity index (χ1n) is 8.51. The molecule has 0 saturated heterocycles. The molecule has 1 amide bonds. The fraction of sp³-hybridized carbons (Fsp3) is 0.706. The summed E-state index contributed by atoms with van der Waals surface area (Å²) >= 11 is 0. The quantitative estimate of drug-likeness (QED) is 0.783. The molecule has 1 aromatic heterocycles. The van der Waals surface area contributed by atoms with E-state index in [1.165, 1.54) is 6.42 Å².